The Labute approximate surface area is 262 Å². The molecule has 0 saturated carbocycles. The number of aromatic nitrogens is 2. The number of hydrogen-bond acceptors (Lipinski definition) is 8. The van der Waals surface area contributed by atoms with E-state index in [4.69, 9.17) is 30.8 Å². The van der Waals surface area contributed by atoms with Crippen LogP contribution >= 0.6 is 11.6 Å². The summed E-state index contributed by atoms with van der Waals surface area (Å²) in [6.07, 6.45) is 0.104. The third-order valence-corrected chi connectivity index (χ3v) is 12.0. The fourth-order valence-corrected chi connectivity index (χ4v) is 9.90. The molecule has 44 heavy (non-hydrogen) atoms. The number of fused-ring (bicyclic) bond motifs is 5. The summed E-state index contributed by atoms with van der Waals surface area (Å²) in [5.41, 5.74) is 0.659. The van der Waals surface area contributed by atoms with Crippen LogP contribution in [0.4, 0.5) is 4.79 Å². The molecule has 2 aromatic heterocycles. The summed E-state index contributed by atoms with van der Waals surface area (Å²) in [6.45, 7) is 11.0. The van der Waals surface area contributed by atoms with Crippen LogP contribution < -0.4 is 16.1 Å². The molecule has 1 N–H and O–H groups in total. The number of pyridine rings is 2. The number of alkyl halides is 1. The number of rotatable bonds is 8. The van der Waals surface area contributed by atoms with Crippen molar-refractivity contribution in [3.05, 3.63) is 57.4 Å². The van der Waals surface area contributed by atoms with Gasteiger partial charge in [-0.25, -0.2) is 14.6 Å². The molecule has 0 radical (unpaired) electrons. The molecular weight excluding hydrogens is 602 g/mol. The minimum absolute atomic E-state index is 0.0154. The predicted molar refractivity (Wildman–Crippen MR) is 170 cm³/mol. The zero-order chi connectivity index (χ0) is 32.0. The number of ether oxygens (including phenoxy) is 3. The third-order valence-electron chi connectivity index (χ3n) is 8.24. The highest BCUT2D eigenvalue weighted by Gasteiger charge is 2.50. The van der Waals surface area contributed by atoms with Gasteiger partial charge in [-0.05, 0) is 61.9 Å². The third kappa shape index (κ3) is 5.63. The van der Waals surface area contributed by atoms with E-state index >= 15 is 0 Å². The predicted octanol–water partition coefficient (Wildman–Crippen LogP) is 4.70. The molecule has 2 aliphatic rings. The van der Waals surface area contributed by atoms with Gasteiger partial charge in [-0.3, -0.25) is 9.59 Å². The lowest BCUT2D eigenvalue weighted by molar-refractivity contribution is -0.188. The van der Waals surface area contributed by atoms with Gasteiger partial charge in [0, 0.05) is 11.4 Å². The van der Waals surface area contributed by atoms with Gasteiger partial charge in [0.2, 0.25) is 5.60 Å². The standard InChI is InChI=1S/C32H38ClN3O7Si/c1-7-32(42-25(37)16-34-30(40)43-31(2,3)4)22-15-24-26-20(17-36(24)28(38)21(22)18-41-29(32)39)27(44(5,6)14-10-13-33)19-11-8-9-12-23(19)35-26/h8-9,11-12,15H,7,10,13-14,16-18H2,1-6H3,(H,34,40). The molecule has 0 saturated heterocycles. The van der Waals surface area contributed by atoms with E-state index in [1.165, 1.54) is 5.19 Å². The first-order valence-electron chi connectivity index (χ1n) is 14.8. The van der Waals surface area contributed by atoms with Gasteiger partial charge < -0.3 is 24.1 Å². The molecule has 5 rings (SSSR count). The minimum atomic E-state index is -2.04. The lowest BCUT2D eigenvalue weighted by Crippen LogP contribution is -2.49. The van der Waals surface area contributed by atoms with Crippen molar-refractivity contribution in [2.24, 2.45) is 0 Å². The highest BCUT2D eigenvalue weighted by atomic mass is 35.5. The number of alkyl carbamates (subject to hydrolysis) is 1. The lowest BCUT2D eigenvalue weighted by atomic mass is 9.85. The Morgan fingerprint density at radius 1 is 1.18 bits per heavy atom. The molecule has 234 valence electrons. The first-order valence-corrected chi connectivity index (χ1v) is 18.6. The zero-order valence-corrected chi connectivity index (χ0v) is 27.7. The maximum absolute atomic E-state index is 14.1. The molecule has 3 aromatic rings. The van der Waals surface area contributed by atoms with E-state index in [1.807, 2.05) is 18.2 Å². The van der Waals surface area contributed by atoms with Crippen LogP contribution in [0.3, 0.4) is 0 Å². The Balaban J connectivity index is 1.61. The summed E-state index contributed by atoms with van der Waals surface area (Å²) in [5, 5.41) is 4.69. The number of hydrogen-bond donors (Lipinski definition) is 1. The summed E-state index contributed by atoms with van der Waals surface area (Å²) in [4.78, 5) is 57.6. The molecule has 0 fully saturated rings. The van der Waals surface area contributed by atoms with Crippen LogP contribution in [-0.4, -0.2) is 53.7 Å². The van der Waals surface area contributed by atoms with Gasteiger partial charge >= 0.3 is 18.0 Å². The second-order valence-electron chi connectivity index (χ2n) is 12.9. The summed E-state index contributed by atoms with van der Waals surface area (Å²) in [6, 6.07) is 10.7. The van der Waals surface area contributed by atoms with Crippen molar-refractivity contribution in [2.75, 3.05) is 12.4 Å². The van der Waals surface area contributed by atoms with Crippen LogP contribution in [0, 0.1) is 0 Å². The van der Waals surface area contributed by atoms with Crippen LogP contribution in [0.5, 0.6) is 0 Å². The zero-order valence-electron chi connectivity index (χ0n) is 26.0. The summed E-state index contributed by atoms with van der Waals surface area (Å²) < 4.78 is 18.1. The van der Waals surface area contributed by atoms with E-state index in [9.17, 15) is 19.2 Å². The summed E-state index contributed by atoms with van der Waals surface area (Å²) >= 11 is 6.11. The Morgan fingerprint density at radius 2 is 1.91 bits per heavy atom. The Morgan fingerprint density at radius 3 is 2.59 bits per heavy atom. The van der Waals surface area contributed by atoms with Crippen molar-refractivity contribution in [3.8, 4) is 11.4 Å². The number of para-hydroxylation sites is 1. The average molecular weight is 640 g/mol. The SMILES string of the molecule is CCC1(OC(=O)CNC(=O)OC(C)(C)C)C(=O)OCc2c1cc1n(c2=O)Cc2c-1nc1ccccc1c2[Si](C)(C)CCCCl. The summed E-state index contributed by atoms with van der Waals surface area (Å²) in [7, 11) is -2.04. The number of cyclic esters (lactones) is 1. The molecule has 1 amide bonds. The number of carbonyl (C=O) groups is 3. The highest BCUT2D eigenvalue weighted by Crippen LogP contribution is 2.41. The van der Waals surface area contributed by atoms with Crippen LogP contribution in [0.1, 0.15) is 57.2 Å². The van der Waals surface area contributed by atoms with E-state index in [-0.39, 0.29) is 29.7 Å². The molecule has 1 atom stereocenters. The van der Waals surface area contributed by atoms with Crippen LogP contribution in [-0.2, 0) is 42.6 Å². The van der Waals surface area contributed by atoms with Gasteiger partial charge in [0.15, 0.2) is 0 Å². The quantitative estimate of drug-likeness (QED) is 0.127. The van der Waals surface area contributed by atoms with Crippen molar-refractivity contribution < 1.29 is 28.6 Å². The van der Waals surface area contributed by atoms with Gasteiger partial charge in [0.1, 0.15) is 18.8 Å². The van der Waals surface area contributed by atoms with Crippen molar-refractivity contribution in [1.29, 1.82) is 0 Å². The van der Waals surface area contributed by atoms with Crippen molar-refractivity contribution >= 4 is 53.8 Å². The molecule has 0 aliphatic carbocycles. The Hall–Kier alpha value is -3.70. The monoisotopic (exact) mass is 639 g/mol. The van der Waals surface area contributed by atoms with Gasteiger partial charge in [-0.15, -0.1) is 11.6 Å². The van der Waals surface area contributed by atoms with E-state index in [0.29, 0.717) is 23.8 Å². The van der Waals surface area contributed by atoms with Crippen LogP contribution in [0.15, 0.2) is 35.1 Å². The fourth-order valence-electron chi connectivity index (χ4n) is 6.28. The van der Waals surface area contributed by atoms with Crippen LogP contribution in [0.2, 0.25) is 19.1 Å². The van der Waals surface area contributed by atoms with Crippen LogP contribution in [0.25, 0.3) is 22.3 Å². The molecule has 1 unspecified atom stereocenters. The fraction of sp³-hybridized carbons (Fsp3) is 0.469. The first-order chi connectivity index (χ1) is 20.7. The van der Waals surface area contributed by atoms with E-state index in [1.54, 1.807) is 38.3 Å². The number of nitrogens with one attached hydrogen (secondary N) is 1. The number of nitrogens with zero attached hydrogens (tertiary/aromatic N) is 2. The van der Waals surface area contributed by atoms with E-state index in [0.717, 1.165) is 28.9 Å². The number of carbonyl (C=O) groups excluding carboxylic acids is 3. The number of benzene rings is 1. The molecule has 4 heterocycles. The molecule has 0 bridgehead atoms. The van der Waals surface area contributed by atoms with Crippen molar-refractivity contribution in [1.82, 2.24) is 14.9 Å². The minimum Gasteiger partial charge on any atom is -0.457 e. The second kappa shape index (κ2) is 11.7. The van der Waals surface area contributed by atoms with Gasteiger partial charge in [0.05, 0.1) is 37.1 Å². The maximum atomic E-state index is 14.1. The maximum Gasteiger partial charge on any atom is 0.408 e. The van der Waals surface area contributed by atoms with Gasteiger partial charge in [0.25, 0.3) is 5.56 Å². The smallest absolute Gasteiger partial charge is 0.408 e. The summed E-state index contributed by atoms with van der Waals surface area (Å²) in [5.74, 6) is -1.07. The first kappa shape index (κ1) is 31.7. The molecule has 2 aliphatic heterocycles. The lowest BCUT2D eigenvalue weighted by Gasteiger charge is -2.35. The van der Waals surface area contributed by atoms with Crippen molar-refractivity contribution in [3.63, 3.8) is 0 Å². The Bertz CT molecular complexity index is 1730. The van der Waals surface area contributed by atoms with E-state index < -0.39 is 43.9 Å². The average Bonchev–Trinajstić information content (AvgIpc) is 3.32. The number of halogens is 1. The molecule has 0 spiro atoms. The number of esters is 2. The molecule has 1 aromatic carbocycles. The van der Waals surface area contributed by atoms with Gasteiger partial charge in [-0.2, -0.15) is 0 Å². The Kier molecular flexibility index (Phi) is 8.41. The van der Waals surface area contributed by atoms with E-state index in [2.05, 4.69) is 24.5 Å². The molecular formula is C32H38ClN3O7Si. The van der Waals surface area contributed by atoms with Crippen molar-refractivity contribution in [2.45, 2.75) is 84.0 Å². The largest absolute Gasteiger partial charge is 0.457 e. The highest BCUT2D eigenvalue weighted by molar-refractivity contribution is 6.91. The molecule has 12 heteroatoms. The molecule has 10 nitrogen and oxygen atoms in total. The number of amides is 1. The second-order valence-corrected chi connectivity index (χ2v) is 18.1. The topological polar surface area (TPSA) is 126 Å². The normalized spacial score (nSPS) is 17.4. The van der Waals surface area contributed by atoms with Gasteiger partial charge in [-0.1, -0.05) is 44.3 Å².